The van der Waals surface area contributed by atoms with E-state index in [4.69, 9.17) is 4.74 Å². The molecule has 0 bridgehead atoms. The van der Waals surface area contributed by atoms with Crippen molar-refractivity contribution in [3.05, 3.63) is 60.4 Å². The van der Waals surface area contributed by atoms with E-state index in [0.717, 1.165) is 5.52 Å². The van der Waals surface area contributed by atoms with Gasteiger partial charge in [-0.15, -0.1) is 0 Å². The number of carbonyl (C=O) groups is 1. The highest BCUT2D eigenvalue weighted by Gasteiger charge is 2.10. The molecule has 1 amide bonds. The van der Waals surface area contributed by atoms with E-state index in [9.17, 15) is 4.79 Å². The smallest absolute Gasteiger partial charge is 0.255 e. The Morgan fingerprint density at radius 2 is 1.81 bits per heavy atom. The summed E-state index contributed by atoms with van der Waals surface area (Å²) in [7, 11) is 1.57. The van der Waals surface area contributed by atoms with Crippen LogP contribution in [0.4, 0.5) is 5.69 Å². The number of rotatable bonds is 3. The summed E-state index contributed by atoms with van der Waals surface area (Å²) < 4.78 is 5.22. The maximum atomic E-state index is 12.3. The van der Waals surface area contributed by atoms with Gasteiger partial charge in [-0.25, -0.2) is 0 Å². The van der Waals surface area contributed by atoms with Crippen molar-refractivity contribution in [1.82, 2.24) is 9.97 Å². The van der Waals surface area contributed by atoms with Crippen LogP contribution >= 0.6 is 0 Å². The molecule has 5 heteroatoms. The summed E-state index contributed by atoms with van der Waals surface area (Å²) in [6, 6.07) is 12.5. The lowest BCUT2D eigenvalue weighted by atomic mass is 10.1. The molecule has 0 aliphatic rings. The Balaban J connectivity index is 1.90. The number of aromatic nitrogens is 2. The van der Waals surface area contributed by atoms with E-state index in [1.807, 2.05) is 12.1 Å². The lowest BCUT2D eigenvalue weighted by Crippen LogP contribution is -2.12. The first-order chi connectivity index (χ1) is 10.3. The predicted molar refractivity (Wildman–Crippen MR) is 80.5 cm³/mol. The van der Waals surface area contributed by atoms with Gasteiger partial charge in [-0.05, 0) is 30.3 Å². The molecule has 0 fully saturated rings. The minimum Gasteiger partial charge on any atom is -0.495 e. The molecule has 1 heterocycles. The molecule has 21 heavy (non-hydrogen) atoms. The quantitative estimate of drug-likeness (QED) is 0.800. The van der Waals surface area contributed by atoms with Gasteiger partial charge >= 0.3 is 0 Å². The molecule has 3 aromatic rings. The average Bonchev–Trinajstić information content (AvgIpc) is 2.55. The number of ether oxygens (including phenoxy) is 1. The first kappa shape index (κ1) is 13.1. The molecule has 0 unspecified atom stereocenters. The fraction of sp³-hybridized carbons (Fsp3) is 0.0625. The molecule has 1 aromatic heterocycles. The Kier molecular flexibility index (Phi) is 3.47. The second kappa shape index (κ2) is 5.58. The highest BCUT2D eigenvalue weighted by Crippen LogP contribution is 2.24. The molecule has 2 aromatic carbocycles. The number of anilines is 1. The second-order valence-corrected chi connectivity index (χ2v) is 4.41. The molecule has 0 aliphatic carbocycles. The summed E-state index contributed by atoms with van der Waals surface area (Å²) >= 11 is 0. The highest BCUT2D eigenvalue weighted by atomic mass is 16.5. The standard InChI is InChI=1S/C16H13N3O2/c1-21-15-5-3-2-4-13(15)19-16(20)11-6-7-12-14(10-11)18-9-8-17-12/h2-10H,1H3,(H,19,20). The molecule has 104 valence electrons. The van der Waals surface area contributed by atoms with E-state index in [0.29, 0.717) is 22.5 Å². The zero-order valence-corrected chi connectivity index (χ0v) is 11.4. The van der Waals surface area contributed by atoms with Crippen LogP contribution in [0.5, 0.6) is 5.75 Å². The number of fused-ring (bicyclic) bond motifs is 1. The van der Waals surface area contributed by atoms with Gasteiger partial charge in [0.25, 0.3) is 5.91 Å². The van der Waals surface area contributed by atoms with Crippen LogP contribution in [-0.4, -0.2) is 23.0 Å². The third kappa shape index (κ3) is 2.67. The first-order valence-electron chi connectivity index (χ1n) is 6.43. The molecule has 0 spiro atoms. The topological polar surface area (TPSA) is 64.1 Å². The summed E-state index contributed by atoms with van der Waals surface area (Å²) in [6.07, 6.45) is 3.22. The Morgan fingerprint density at radius 3 is 2.62 bits per heavy atom. The van der Waals surface area contributed by atoms with Gasteiger partial charge in [0.1, 0.15) is 5.75 Å². The van der Waals surface area contributed by atoms with Crippen LogP contribution < -0.4 is 10.1 Å². The van der Waals surface area contributed by atoms with Crippen molar-refractivity contribution in [3.63, 3.8) is 0 Å². The monoisotopic (exact) mass is 279 g/mol. The van der Waals surface area contributed by atoms with Crippen LogP contribution in [0.2, 0.25) is 0 Å². The number of hydrogen-bond donors (Lipinski definition) is 1. The van der Waals surface area contributed by atoms with Gasteiger partial charge in [-0.3, -0.25) is 14.8 Å². The molecule has 0 saturated carbocycles. The van der Waals surface area contributed by atoms with E-state index >= 15 is 0 Å². The molecular formula is C16H13N3O2. The molecular weight excluding hydrogens is 266 g/mol. The van der Waals surface area contributed by atoms with Crippen molar-refractivity contribution < 1.29 is 9.53 Å². The first-order valence-corrected chi connectivity index (χ1v) is 6.43. The maximum absolute atomic E-state index is 12.3. The molecule has 0 radical (unpaired) electrons. The van der Waals surface area contributed by atoms with E-state index in [2.05, 4.69) is 15.3 Å². The van der Waals surface area contributed by atoms with Gasteiger partial charge < -0.3 is 10.1 Å². The van der Waals surface area contributed by atoms with Crippen molar-refractivity contribution in [3.8, 4) is 5.75 Å². The third-order valence-electron chi connectivity index (χ3n) is 3.09. The van der Waals surface area contributed by atoms with E-state index in [1.165, 1.54) is 0 Å². The summed E-state index contributed by atoms with van der Waals surface area (Å²) in [5, 5.41) is 2.83. The zero-order chi connectivity index (χ0) is 14.7. The Hall–Kier alpha value is -2.95. The lowest BCUT2D eigenvalue weighted by molar-refractivity contribution is 0.102. The van der Waals surface area contributed by atoms with Crippen molar-refractivity contribution in [2.24, 2.45) is 0 Å². The van der Waals surface area contributed by atoms with Crippen LogP contribution in [0.25, 0.3) is 11.0 Å². The maximum Gasteiger partial charge on any atom is 0.255 e. The number of methoxy groups -OCH3 is 1. The molecule has 0 aliphatic heterocycles. The highest BCUT2D eigenvalue weighted by molar-refractivity contribution is 6.06. The normalized spacial score (nSPS) is 10.3. The minimum absolute atomic E-state index is 0.216. The molecule has 5 nitrogen and oxygen atoms in total. The van der Waals surface area contributed by atoms with E-state index in [1.54, 1.807) is 49.8 Å². The number of nitrogens with one attached hydrogen (secondary N) is 1. The number of amides is 1. The van der Waals surface area contributed by atoms with Crippen LogP contribution in [0.1, 0.15) is 10.4 Å². The van der Waals surface area contributed by atoms with Gasteiger partial charge in [-0.1, -0.05) is 12.1 Å². The van der Waals surface area contributed by atoms with Crippen LogP contribution in [0.15, 0.2) is 54.9 Å². The molecule has 0 saturated heterocycles. The fourth-order valence-corrected chi connectivity index (χ4v) is 2.05. The Labute approximate surface area is 121 Å². The minimum atomic E-state index is -0.216. The van der Waals surface area contributed by atoms with Gasteiger partial charge in [0.05, 0.1) is 23.8 Å². The number of carbonyl (C=O) groups excluding carboxylic acids is 1. The molecule has 0 atom stereocenters. The van der Waals surface area contributed by atoms with Crippen molar-refractivity contribution in [2.75, 3.05) is 12.4 Å². The Morgan fingerprint density at radius 1 is 1.05 bits per heavy atom. The second-order valence-electron chi connectivity index (χ2n) is 4.41. The van der Waals surface area contributed by atoms with Crippen molar-refractivity contribution in [1.29, 1.82) is 0 Å². The summed E-state index contributed by atoms with van der Waals surface area (Å²) in [6.45, 7) is 0. The summed E-state index contributed by atoms with van der Waals surface area (Å²) in [5.74, 6) is 0.401. The lowest BCUT2D eigenvalue weighted by Gasteiger charge is -2.10. The van der Waals surface area contributed by atoms with Crippen LogP contribution in [0.3, 0.4) is 0 Å². The number of hydrogen-bond acceptors (Lipinski definition) is 4. The largest absolute Gasteiger partial charge is 0.495 e. The number of benzene rings is 2. The van der Waals surface area contributed by atoms with Crippen molar-refractivity contribution in [2.45, 2.75) is 0 Å². The van der Waals surface area contributed by atoms with Crippen LogP contribution in [0, 0.1) is 0 Å². The Bertz CT molecular complexity index is 802. The predicted octanol–water partition coefficient (Wildman–Crippen LogP) is 2.89. The van der Waals surface area contributed by atoms with E-state index < -0.39 is 0 Å². The summed E-state index contributed by atoms with van der Waals surface area (Å²) in [5.41, 5.74) is 2.59. The zero-order valence-electron chi connectivity index (χ0n) is 11.4. The summed E-state index contributed by atoms with van der Waals surface area (Å²) in [4.78, 5) is 20.7. The SMILES string of the molecule is COc1ccccc1NC(=O)c1ccc2nccnc2c1. The average molecular weight is 279 g/mol. The van der Waals surface area contributed by atoms with Crippen LogP contribution in [-0.2, 0) is 0 Å². The van der Waals surface area contributed by atoms with Gasteiger partial charge in [0.2, 0.25) is 0 Å². The number of para-hydroxylation sites is 2. The molecule has 1 N–H and O–H groups in total. The third-order valence-corrected chi connectivity index (χ3v) is 3.09. The van der Waals surface area contributed by atoms with Gasteiger partial charge in [-0.2, -0.15) is 0 Å². The van der Waals surface area contributed by atoms with E-state index in [-0.39, 0.29) is 5.91 Å². The van der Waals surface area contributed by atoms with Gasteiger partial charge in [0.15, 0.2) is 0 Å². The molecule has 3 rings (SSSR count). The van der Waals surface area contributed by atoms with Gasteiger partial charge in [0, 0.05) is 18.0 Å². The number of nitrogens with zero attached hydrogens (tertiary/aromatic N) is 2. The van der Waals surface area contributed by atoms with Crippen molar-refractivity contribution >= 4 is 22.6 Å². The fourth-order valence-electron chi connectivity index (χ4n) is 2.05.